The number of carbonyl (C=O) groups excluding carboxylic acids is 2. The van der Waals surface area contributed by atoms with Crippen molar-refractivity contribution in [3.8, 4) is 0 Å². The third kappa shape index (κ3) is 4.80. The van der Waals surface area contributed by atoms with Gasteiger partial charge >= 0.3 is 6.18 Å². The van der Waals surface area contributed by atoms with Gasteiger partial charge < -0.3 is 10.6 Å². The summed E-state index contributed by atoms with van der Waals surface area (Å²) in [6.45, 7) is 0.247. The molecule has 2 unspecified atom stereocenters. The molecule has 0 aromatic heterocycles. The Labute approximate surface area is 158 Å². The first-order chi connectivity index (χ1) is 12.8. The first-order valence-corrected chi connectivity index (χ1v) is 8.63. The molecule has 3 rings (SSSR count). The maximum atomic E-state index is 12.7. The fraction of sp³-hybridized carbons (Fsp3) is 0.263. The maximum Gasteiger partial charge on any atom is 0.416 e. The summed E-state index contributed by atoms with van der Waals surface area (Å²) >= 11 is 6.02. The fourth-order valence-corrected chi connectivity index (χ4v) is 2.94. The van der Waals surface area contributed by atoms with Gasteiger partial charge in [0.2, 0.25) is 11.8 Å². The topological polar surface area (TPSA) is 58.2 Å². The van der Waals surface area contributed by atoms with Crippen LogP contribution in [0.2, 0.25) is 5.02 Å². The van der Waals surface area contributed by atoms with Crippen LogP contribution >= 0.6 is 11.6 Å². The predicted molar refractivity (Wildman–Crippen MR) is 95.0 cm³/mol. The third-order valence-corrected chi connectivity index (χ3v) is 4.70. The molecule has 2 N–H and O–H groups in total. The normalized spacial score (nSPS) is 18.7. The Morgan fingerprint density at radius 1 is 1.04 bits per heavy atom. The highest BCUT2D eigenvalue weighted by Gasteiger charge is 2.48. The first-order valence-electron chi connectivity index (χ1n) is 8.25. The Morgan fingerprint density at radius 2 is 1.74 bits per heavy atom. The number of rotatable bonds is 5. The van der Waals surface area contributed by atoms with E-state index in [9.17, 15) is 22.8 Å². The van der Waals surface area contributed by atoms with E-state index in [1.54, 1.807) is 24.3 Å². The van der Waals surface area contributed by atoms with Crippen LogP contribution < -0.4 is 10.6 Å². The van der Waals surface area contributed by atoms with E-state index in [0.29, 0.717) is 11.4 Å². The summed E-state index contributed by atoms with van der Waals surface area (Å²) in [5, 5.41) is 5.71. The molecule has 0 spiro atoms. The number of nitrogens with one attached hydrogen (secondary N) is 2. The molecule has 8 heteroatoms. The molecule has 2 aromatic carbocycles. The molecule has 0 bridgehead atoms. The molecule has 4 nitrogen and oxygen atoms in total. The lowest BCUT2D eigenvalue weighted by Gasteiger charge is -2.10. The molecule has 142 valence electrons. The molecule has 0 heterocycles. The van der Waals surface area contributed by atoms with Crippen LogP contribution in [0, 0.1) is 11.8 Å². The highest BCUT2D eigenvalue weighted by atomic mass is 35.5. The van der Waals surface area contributed by atoms with Gasteiger partial charge in [0.15, 0.2) is 0 Å². The lowest BCUT2D eigenvalue weighted by atomic mass is 10.2. The Morgan fingerprint density at radius 3 is 2.44 bits per heavy atom. The van der Waals surface area contributed by atoms with E-state index >= 15 is 0 Å². The average Bonchev–Trinajstić information content (AvgIpc) is 3.41. The Kier molecular flexibility index (Phi) is 5.41. The van der Waals surface area contributed by atoms with Crippen LogP contribution in [0.4, 0.5) is 18.9 Å². The van der Waals surface area contributed by atoms with Gasteiger partial charge in [-0.15, -0.1) is 0 Å². The summed E-state index contributed by atoms with van der Waals surface area (Å²) in [6.07, 6.45) is -4.12. The van der Waals surface area contributed by atoms with Crippen LogP contribution in [0.1, 0.15) is 17.5 Å². The van der Waals surface area contributed by atoms with Gasteiger partial charge in [-0.2, -0.15) is 13.2 Å². The van der Waals surface area contributed by atoms with Crippen LogP contribution in [0.25, 0.3) is 0 Å². The van der Waals surface area contributed by atoms with E-state index in [4.69, 9.17) is 11.6 Å². The van der Waals surface area contributed by atoms with Crippen molar-refractivity contribution in [2.75, 3.05) is 5.32 Å². The minimum Gasteiger partial charge on any atom is -0.352 e. The molecule has 2 amide bonds. The second-order valence-electron chi connectivity index (χ2n) is 6.33. The van der Waals surface area contributed by atoms with Gasteiger partial charge in [0, 0.05) is 17.3 Å². The zero-order valence-corrected chi connectivity index (χ0v) is 14.8. The summed E-state index contributed by atoms with van der Waals surface area (Å²) in [6, 6.07) is 11.5. The molecule has 2 aromatic rings. The molecule has 1 saturated carbocycles. The van der Waals surface area contributed by atoms with Crippen LogP contribution in [0.3, 0.4) is 0 Å². The van der Waals surface area contributed by atoms with Crippen LogP contribution in [-0.2, 0) is 22.3 Å². The van der Waals surface area contributed by atoms with Crippen molar-refractivity contribution in [1.29, 1.82) is 0 Å². The van der Waals surface area contributed by atoms with Crippen LogP contribution in [0.15, 0.2) is 48.5 Å². The molecule has 0 aliphatic heterocycles. The van der Waals surface area contributed by atoms with Crippen molar-refractivity contribution in [3.63, 3.8) is 0 Å². The number of anilines is 1. The number of amides is 2. The largest absolute Gasteiger partial charge is 0.416 e. The summed E-state index contributed by atoms with van der Waals surface area (Å²) in [7, 11) is 0. The second kappa shape index (κ2) is 7.60. The van der Waals surface area contributed by atoms with E-state index in [-0.39, 0.29) is 18.1 Å². The quantitative estimate of drug-likeness (QED) is 0.793. The second-order valence-corrected chi connectivity index (χ2v) is 6.73. The molecule has 0 radical (unpaired) electrons. The van der Waals surface area contributed by atoms with Crippen molar-refractivity contribution in [2.45, 2.75) is 19.1 Å². The summed E-state index contributed by atoms with van der Waals surface area (Å²) in [5.41, 5.74) is -0.0276. The standard InChI is InChI=1S/C19H16ClF3N2O2/c20-16-7-2-1-4-11(16)10-24-17(26)14-9-15(14)18(27)25-13-6-3-5-12(8-13)19(21,22)23/h1-8,14-15H,9-10H2,(H,24,26)(H,25,27). The number of carbonyl (C=O) groups is 2. The maximum absolute atomic E-state index is 12.7. The Balaban J connectivity index is 1.53. The van der Waals surface area contributed by atoms with E-state index < -0.39 is 29.5 Å². The lowest BCUT2D eigenvalue weighted by molar-refractivity contribution is -0.137. The van der Waals surface area contributed by atoms with Gasteiger partial charge in [-0.1, -0.05) is 35.9 Å². The molecular formula is C19H16ClF3N2O2. The fourth-order valence-electron chi connectivity index (χ4n) is 2.74. The molecule has 1 fully saturated rings. The van der Waals surface area contributed by atoms with E-state index in [2.05, 4.69) is 10.6 Å². The molecule has 27 heavy (non-hydrogen) atoms. The average molecular weight is 397 g/mol. The van der Waals surface area contributed by atoms with Crippen molar-refractivity contribution >= 4 is 29.1 Å². The molecule has 1 aliphatic carbocycles. The predicted octanol–water partition coefficient (Wildman–Crippen LogP) is 4.25. The number of alkyl halides is 3. The SMILES string of the molecule is O=C(NCc1ccccc1Cl)C1CC1C(=O)Nc1cccc(C(F)(F)F)c1. The van der Waals surface area contributed by atoms with Crippen molar-refractivity contribution in [1.82, 2.24) is 5.32 Å². The molecular weight excluding hydrogens is 381 g/mol. The zero-order chi connectivity index (χ0) is 19.6. The zero-order valence-electron chi connectivity index (χ0n) is 14.0. The van der Waals surface area contributed by atoms with Gasteiger partial charge in [-0.05, 0) is 36.2 Å². The monoisotopic (exact) mass is 396 g/mol. The van der Waals surface area contributed by atoms with Gasteiger partial charge in [-0.25, -0.2) is 0 Å². The minimum atomic E-state index is -4.48. The van der Waals surface area contributed by atoms with E-state index in [1.807, 2.05) is 0 Å². The van der Waals surface area contributed by atoms with Gasteiger partial charge in [0.1, 0.15) is 0 Å². The lowest BCUT2D eigenvalue weighted by Crippen LogP contribution is -2.27. The highest BCUT2D eigenvalue weighted by Crippen LogP contribution is 2.40. The first kappa shape index (κ1) is 19.2. The van der Waals surface area contributed by atoms with Crippen LogP contribution in [-0.4, -0.2) is 11.8 Å². The number of halogens is 4. The van der Waals surface area contributed by atoms with Crippen molar-refractivity contribution < 1.29 is 22.8 Å². The molecule has 2 atom stereocenters. The minimum absolute atomic E-state index is 0.0527. The van der Waals surface area contributed by atoms with Crippen molar-refractivity contribution in [2.24, 2.45) is 11.8 Å². The summed E-state index contributed by atoms with van der Waals surface area (Å²) in [5.74, 6) is -1.78. The Bertz CT molecular complexity index is 870. The summed E-state index contributed by atoms with van der Waals surface area (Å²) < 4.78 is 38.2. The van der Waals surface area contributed by atoms with Gasteiger partial charge in [0.25, 0.3) is 0 Å². The van der Waals surface area contributed by atoms with Gasteiger partial charge in [0.05, 0.1) is 17.4 Å². The highest BCUT2D eigenvalue weighted by molar-refractivity contribution is 6.31. The van der Waals surface area contributed by atoms with Crippen LogP contribution in [0.5, 0.6) is 0 Å². The molecule has 1 aliphatic rings. The number of benzene rings is 2. The Hall–Kier alpha value is -2.54. The smallest absolute Gasteiger partial charge is 0.352 e. The third-order valence-electron chi connectivity index (χ3n) is 4.33. The van der Waals surface area contributed by atoms with E-state index in [0.717, 1.165) is 17.7 Å². The number of hydrogen-bond donors (Lipinski definition) is 2. The van der Waals surface area contributed by atoms with Gasteiger partial charge in [-0.3, -0.25) is 9.59 Å². The summed E-state index contributed by atoms with van der Waals surface area (Å²) in [4.78, 5) is 24.3. The number of hydrogen-bond acceptors (Lipinski definition) is 2. The molecule has 0 saturated heterocycles. The van der Waals surface area contributed by atoms with E-state index in [1.165, 1.54) is 12.1 Å². The van der Waals surface area contributed by atoms with Crippen molar-refractivity contribution in [3.05, 3.63) is 64.7 Å².